The van der Waals surface area contributed by atoms with Crippen LogP contribution in [0.15, 0.2) is 48.7 Å². The van der Waals surface area contributed by atoms with Gasteiger partial charge < -0.3 is 10.4 Å². The lowest BCUT2D eigenvalue weighted by Gasteiger charge is -2.22. The van der Waals surface area contributed by atoms with Crippen LogP contribution in [0.4, 0.5) is 0 Å². The zero-order valence-electron chi connectivity index (χ0n) is 17.1. The summed E-state index contributed by atoms with van der Waals surface area (Å²) in [4.78, 5) is 16.8. The Kier molecular flexibility index (Phi) is 6.75. The highest BCUT2D eigenvalue weighted by molar-refractivity contribution is 6.35. The van der Waals surface area contributed by atoms with Crippen LogP contribution in [-0.2, 0) is 4.79 Å². The van der Waals surface area contributed by atoms with E-state index in [4.69, 9.17) is 11.6 Å². The second kappa shape index (κ2) is 9.27. The summed E-state index contributed by atoms with van der Waals surface area (Å²) in [5, 5.41) is 15.2. The predicted molar refractivity (Wildman–Crippen MR) is 118 cm³/mol. The number of carbonyl (C=O) groups is 1. The summed E-state index contributed by atoms with van der Waals surface area (Å²) >= 11 is 6.49. The van der Waals surface area contributed by atoms with Crippen molar-refractivity contribution >= 4 is 28.4 Å². The van der Waals surface area contributed by atoms with Crippen LogP contribution in [0.25, 0.3) is 10.9 Å². The second-order valence-electron chi connectivity index (χ2n) is 7.62. The lowest BCUT2D eigenvalue weighted by Crippen LogP contribution is -2.29. The molecule has 2 aromatic carbocycles. The van der Waals surface area contributed by atoms with Crippen molar-refractivity contribution in [1.82, 2.24) is 10.3 Å². The molecule has 3 rings (SSSR count). The Morgan fingerprint density at radius 3 is 2.52 bits per heavy atom. The maximum Gasteiger partial charge on any atom is 0.220 e. The molecule has 4 nitrogen and oxygen atoms in total. The van der Waals surface area contributed by atoms with Gasteiger partial charge in [0.05, 0.1) is 11.1 Å². The number of halogens is 1. The molecular weight excluding hydrogens is 384 g/mol. The molecule has 3 aromatic rings. The van der Waals surface area contributed by atoms with Gasteiger partial charge in [-0.25, -0.2) is 0 Å². The molecule has 0 unspecified atom stereocenters. The minimum absolute atomic E-state index is 0.0405. The molecule has 0 aliphatic heterocycles. The van der Waals surface area contributed by atoms with E-state index in [9.17, 15) is 9.90 Å². The van der Waals surface area contributed by atoms with Crippen LogP contribution < -0.4 is 5.32 Å². The van der Waals surface area contributed by atoms with Crippen LogP contribution in [0.1, 0.15) is 68.7 Å². The van der Waals surface area contributed by atoms with Crippen molar-refractivity contribution in [3.63, 3.8) is 0 Å². The summed E-state index contributed by atoms with van der Waals surface area (Å²) in [6.07, 6.45) is 3.82. The third-order valence-corrected chi connectivity index (χ3v) is 5.47. The van der Waals surface area contributed by atoms with Crippen molar-refractivity contribution in [2.45, 2.75) is 52.0 Å². The number of nitrogens with zero attached hydrogens (tertiary/aromatic N) is 1. The van der Waals surface area contributed by atoms with E-state index in [1.165, 1.54) is 5.56 Å². The Hall–Kier alpha value is -2.59. The Morgan fingerprint density at radius 2 is 1.86 bits per heavy atom. The summed E-state index contributed by atoms with van der Waals surface area (Å²) in [7, 11) is 0. The van der Waals surface area contributed by atoms with E-state index in [0.29, 0.717) is 33.8 Å². The van der Waals surface area contributed by atoms with Crippen LogP contribution in [0.2, 0.25) is 5.02 Å². The number of hydrogen-bond donors (Lipinski definition) is 2. The van der Waals surface area contributed by atoms with Gasteiger partial charge in [0, 0.05) is 23.6 Å². The monoisotopic (exact) mass is 410 g/mol. The number of fused-ring (bicyclic) bond motifs is 1. The SMILES string of the molecule is CCCCC(=O)N[C@H](c1ccc(C(C)C)cc1)c1cc(Cl)c2cccnc2c1O. The van der Waals surface area contributed by atoms with Gasteiger partial charge in [-0.3, -0.25) is 9.78 Å². The molecule has 0 aliphatic rings. The van der Waals surface area contributed by atoms with Crippen molar-refractivity contribution in [3.05, 3.63) is 70.4 Å². The van der Waals surface area contributed by atoms with Gasteiger partial charge in [-0.15, -0.1) is 0 Å². The first-order valence-electron chi connectivity index (χ1n) is 10.1. The van der Waals surface area contributed by atoms with Crippen molar-refractivity contribution < 1.29 is 9.90 Å². The minimum Gasteiger partial charge on any atom is -0.505 e. The Bertz CT molecular complexity index is 1000. The summed E-state index contributed by atoms with van der Waals surface area (Å²) in [5.74, 6) is 0.398. The number of unbranched alkanes of at least 4 members (excludes halogenated alkanes) is 1. The largest absolute Gasteiger partial charge is 0.505 e. The fraction of sp³-hybridized carbons (Fsp3) is 0.333. The topological polar surface area (TPSA) is 62.2 Å². The van der Waals surface area contributed by atoms with Crippen LogP contribution in [0, 0.1) is 0 Å². The average molecular weight is 411 g/mol. The Balaban J connectivity index is 2.08. The summed E-state index contributed by atoms with van der Waals surface area (Å²) < 4.78 is 0. The molecule has 2 N–H and O–H groups in total. The molecule has 0 bridgehead atoms. The van der Waals surface area contributed by atoms with E-state index < -0.39 is 6.04 Å². The zero-order chi connectivity index (χ0) is 21.0. The van der Waals surface area contributed by atoms with Crippen molar-refractivity contribution in [2.24, 2.45) is 0 Å². The average Bonchev–Trinajstić information content (AvgIpc) is 2.73. The number of phenolic OH excluding ortho intramolecular Hbond substituents is 1. The highest BCUT2D eigenvalue weighted by Gasteiger charge is 2.23. The van der Waals surface area contributed by atoms with Gasteiger partial charge in [-0.1, -0.05) is 63.1 Å². The van der Waals surface area contributed by atoms with Crippen LogP contribution in [0.3, 0.4) is 0 Å². The second-order valence-corrected chi connectivity index (χ2v) is 8.03. The van der Waals surface area contributed by atoms with Gasteiger partial charge in [-0.2, -0.15) is 0 Å². The first kappa shape index (κ1) is 21.1. The predicted octanol–water partition coefficient (Wildman–Crippen LogP) is 6.11. The van der Waals surface area contributed by atoms with Crippen molar-refractivity contribution in [3.8, 4) is 5.75 Å². The summed E-state index contributed by atoms with van der Waals surface area (Å²) in [5.41, 5.74) is 3.08. The lowest BCUT2D eigenvalue weighted by atomic mass is 9.93. The Morgan fingerprint density at radius 1 is 1.17 bits per heavy atom. The summed E-state index contributed by atoms with van der Waals surface area (Å²) in [6.45, 7) is 6.33. The van der Waals surface area contributed by atoms with E-state index in [2.05, 4.69) is 43.2 Å². The molecule has 0 radical (unpaired) electrons. The molecule has 0 fully saturated rings. The molecule has 0 spiro atoms. The number of rotatable bonds is 7. The smallest absolute Gasteiger partial charge is 0.220 e. The number of aromatic hydroxyl groups is 1. The minimum atomic E-state index is -0.510. The van der Waals surface area contributed by atoms with Crippen LogP contribution in [-0.4, -0.2) is 16.0 Å². The lowest BCUT2D eigenvalue weighted by molar-refractivity contribution is -0.121. The number of amides is 1. The van der Waals surface area contributed by atoms with Gasteiger partial charge in [-0.05, 0) is 41.7 Å². The first-order chi connectivity index (χ1) is 13.9. The van der Waals surface area contributed by atoms with E-state index in [1.807, 2.05) is 18.2 Å². The molecule has 5 heteroatoms. The molecule has 0 saturated heterocycles. The number of carbonyl (C=O) groups excluding carboxylic acids is 1. The maximum absolute atomic E-state index is 12.6. The number of benzene rings is 2. The number of aromatic nitrogens is 1. The zero-order valence-corrected chi connectivity index (χ0v) is 17.8. The fourth-order valence-corrected chi connectivity index (χ4v) is 3.68. The first-order valence-corrected chi connectivity index (χ1v) is 10.5. The molecule has 1 heterocycles. The number of hydrogen-bond acceptors (Lipinski definition) is 3. The molecule has 1 amide bonds. The highest BCUT2D eigenvalue weighted by Crippen LogP contribution is 2.38. The Labute approximate surface area is 176 Å². The van der Waals surface area contributed by atoms with Gasteiger partial charge in [0.25, 0.3) is 0 Å². The number of phenols is 1. The van der Waals surface area contributed by atoms with Crippen LogP contribution in [0.5, 0.6) is 5.75 Å². The van der Waals surface area contributed by atoms with Gasteiger partial charge >= 0.3 is 0 Å². The van der Waals surface area contributed by atoms with E-state index in [1.54, 1.807) is 18.3 Å². The maximum atomic E-state index is 12.6. The van der Waals surface area contributed by atoms with Crippen LogP contribution >= 0.6 is 11.6 Å². The third-order valence-electron chi connectivity index (χ3n) is 5.16. The molecule has 0 saturated carbocycles. The molecule has 29 heavy (non-hydrogen) atoms. The summed E-state index contributed by atoms with van der Waals surface area (Å²) in [6, 6.07) is 12.9. The molecule has 152 valence electrons. The normalized spacial score (nSPS) is 12.3. The van der Waals surface area contributed by atoms with Crippen molar-refractivity contribution in [2.75, 3.05) is 0 Å². The molecular formula is C24H27ClN2O2. The molecule has 1 aromatic heterocycles. The van der Waals surface area contributed by atoms with Gasteiger partial charge in [0.15, 0.2) is 0 Å². The fourth-order valence-electron chi connectivity index (χ4n) is 3.41. The standard InChI is InChI=1S/C24H27ClN2O2/c1-4-5-8-21(28)27-22(17-11-9-16(10-12-17)15(2)3)19-14-20(25)18-7-6-13-26-23(18)24(19)29/h6-7,9-15,22,29H,4-5,8H2,1-3H3,(H,27,28)/t22-/m1/s1. The van der Waals surface area contributed by atoms with E-state index in [0.717, 1.165) is 18.4 Å². The quantitative estimate of drug-likeness (QED) is 0.493. The molecule has 1 atom stereocenters. The van der Waals surface area contributed by atoms with E-state index >= 15 is 0 Å². The number of nitrogens with one attached hydrogen (secondary N) is 1. The molecule has 0 aliphatic carbocycles. The van der Waals surface area contributed by atoms with E-state index in [-0.39, 0.29) is 11.7 Å². The van der Waals surface area contributed by atoms with Crippen molar-refractivity contribution in [1.29, 1.82) is 0 Å². The highest BCUT2D eigenvalue weighted by atomic mass is 35.5. The number of pyridine rings is 1. The van der Waals surface area contributed by atoms with Gasteiger partial charge in [0.1, 0.15) is 11.3 Å². The third kappa shape index (κ3) is 4.70. The van der Waals surface area contributed by atoms with Gasteiger partial charge in [0.2, 0.25) is 5.91 Å².